The molecule has 0 aromatic heterocycles. The Labute approximate surface area is 70.4 Å². The Morgan fingerprint density at radius 1 is 1.42 bits per heavy atom. The first-order valence-corrected chi connectivity index (χ1v) is 3.66. The number of nitrogens with one attached hydrogen (secondary N) is 1. The fourth-order valence-corrected chi connectivity index (χ4v) is 0.983. The van der Waals surface area contributed by atoms with Gasteiger partial charge >= 0.3 is 0 Å². The normalized spacial score (nSPS) is 12.5. The molecular weight excluding hydrogens is 157 g/mol. The van der Waals surface area contributed by atoms with Gasteiger partial charge in [-0.3, -0.25) is 0 Å². The molecule has 0 radical (unpaired) electrons. The van der Waals surface area contributed by atoms with Crippen molar-refractivity contribution in [1.29, 1.82) is 0 Å². The molecule has 1 rings (SSSR count). The van der Waals surface area contributed by atoms with Crippen LogP contribution in [0.15, 0.2) is 24.3 Å². The van der Waals surface area contributed by atoms with Gasteiger partial charge in [0.2, 0.25) is 0 Å². The minimum absolute atomic E-state index is 0.292. The van der Waals surface area contributed by atoms with Crippen LogP contribution in [0.1, 0.15) is 11.6 Å². The number of hydrogen-bond donors (Lipinski definition) is 1. The third-order valence-electron chi connectivity index (χ3n) is 1.68. The molecule has 0 amide bonds. The molecule has 2 nitrogen and oxygen atoms in total. The molecule has 0 spiro atoms. The maximum absolute atomic E-state index is 12.4. The molecule has 1 aromatic carbocycles. The Hall–Kier alpha value is -1.22. The van der Waals surface area contributed by atoms with Crippen molar-refractivity contribution in [3.8, 4) is 0 Å². The number of hydrogen-bond acceptors (Lipinski definition) is 2. The standard InChI is InChI=1S/C9H10FNO/c1-11-9(6-12)7-2-4-8(10)5-3-7/h2-6,9,11H,1H3. The van der Waals surface area contributed by atoms with Gasteiger partial charge in [0.05, 0.1) is 6.04 Å². The van der Waals surface area contributed by atoms with Crippen LogP contribution in [-0.2, 0) is 4.79 Å². The molecule has 0 aliphatic heterocycles. The second-order valence-corrected chi connectivity index (χ2v) is 2.45. The third-order valence-corrected chi connectivity index (χ3v) is 1.68. The van der Waals surface area contributed by atoms with Gasteiger partial charge in [-0.05, 0) is 24.7 Å². The van der Waals surface area contributed by atoms with Crippen molar-refractivity contribution in [3.63, 3.8) is 0 Å². The summed E-state index contributed by atoms with van der Waals surface area (Å²) in [6.45, 7) is 0. The average molecular weight is 167 g/mol. The highest BCUT2D eigenvalue weighted by Crippen LogP contribution is 2.10. The van der Waals surface area contributed by atoms with Crippen LogP contribution >= 0.6 is 0 Å². The Kier molecular flexibility index (Phi) is 2.94. The van der Waals surface area contributed by atoms with E-state index in [2.05, 4.69) is 5.32 Å². The SMILES string of the molecule is CNC(C=O)c1ccc(F)cc1. The molecule has 0 aliphatic carbocycles. The van der Waals surface area contributed by atoms with Gasteiger partial charge in [-0.15, -0.1) is 0 Å². The lowest BCUT2D eigenvalue weighted by atomic mass is 10.1. The monoisotopic (exact) mass is 167 g/mol. The van der Waals surface area contributed by atoms with Crippen LogP contribution in [0.25, 0.3) is 0 Å². The average Bonchev–Trinajstić information content (AvgIpc) is 2.10. The number of likely N-dealkylation sites (N-methyl/N-ethyl adjacent to an activating group) is 1. The lowest BCUT2D eigenvalue weighted by Gasteiger charge is -2.07. The van der Waals surface area contributed by atoms with Gasteiger partial charge in [-0.1, -0.05) is 12.1 Å². The summed E-state index contributed by atoms with van der Waals surface area (Å²) >= 11 is 0. The van der Waals surface area contributed by atoms with Gasteiger partial charge in [0.15, 0.2) is 0 Å². The zero-order valence-electron chi connectivity index (χ0n) is 6.75. The number of rotatable bonds is 3. The highest BCUT2D eigenvalue weighted by Gasteiger charge is 2.05. The van der Waals surface area contributed by atoms with Crippen LogP contribution in [-0.4, -0.2) is 13.3 Å². The lowest BCUT2D eigenvalue weighted by Crippen LogP contribution is -2.17. The van der Waals surface area contributed by atoms with Crippen molar-refractivity contribution in [2.75, 3.05) is 7.05 Å². The van der Waals surface area contributed by atoms with E-state index in [1.54, 1.807) is 19.2 Å². The highest BCUT2D eigenvalue weighted by molar-refractivity contribution is 5.61. The van der Waals surface area contributed by atoms with Gasteiger partial charge in [0.25, 0.3) is 0 Å². The molecule has 64 valence electrons. The van der Waals surface area contributed by atoms with E-state index in [9.17, 15) is 9.18 Å². The van der Waals surface area contributed by atoms with Gasteiger partial charge in [0, 0.05) is 0 Å². The van der Waals surface area contributed by atoms with Crippen LogP contribution in [0.3, 0.4) is 0 Å². The van der Waals surface area contributed by atoms with Crippen molar-refractivity contribution in [3.05, 3.63) is 35.6 Å². The molecule has 0 saturated carbocycles. The molecule has 1 aromatic rings. The quantitative estimate of drug-likeness (QED) is 0.687. The van der Waals surface area contributed by atoms with Crippen molar-refractivity contribution in [2.24, 2.45) is 0 Å². The van der Waals surface area contributed by atoms with Crippen molar-refractivity contribution < 1.29 is 9.18 Å². The Bertz CT molecular complexity index is 258. The summed E-state index contributed by atoms with van der Waals surface area (Å²) in [7, 11) is 1.68. The molecule has 0 heterocycles. The van der Waals surface area contributed by atoms with Crippen molar-refractivity contribution in [2.45, 2.75) is 6.04 Å². The van der Waals surface area contributed by atoms with Gasteiger partial charge in [-0.25, -0.2) is 4.39 Å². The van der Waals surface area contributed by atoms with E-state index in [0.29, 0.717) is 0 Å². The van der Waals surface area contributed by atoms with E-state index in [1.165, 1.54) is 12.1 Å². The molecule has 1 atom stereocenters. The van der Waals surface area contributed by atoms with Crippen LogP contribution in [0.5, 0.6) is 0 Å². The summed E-state index contributed by atoms with van der Waals surface area (Å²) < 4.78 is 12.4. The van der Waals surface area contributed by atoms with Gasteiger partial charge < -0.3 is 10.1 Å². The number of carbonyl (C=O) groups is 1. The molecule has 1 N–H and O–H groups in total. The van der Waals surface area contributed by atoms with Crippen molar-refractivity contribution in [1.82, 2.24) is 5.32 Å². The zero-order chi connectivity index (χ0) is 8.97. The topological polar surface area (TPSA) is 29.1 Å². The second-order valence-electron chi connectivity index (χ2n) is 2.45. The fourth-order valence-electron chi connectivity index (χ4n) is 0.983. The predicted octanol–water partition coefficient (Wildman–Crippen LogP) is 1.29. The number of benzene rings is 1. The smallest absolute Gasteiger partial charge is 0.141 e. The summed E-state index contributed by atoms with van der Waals surface area (Å²) in [6.07, 6.45) is 0.785. The summed E-state index contributed by atoms with van der Waals surface area (Å²) in [5.74, 6) is -0.292. The summed E-state index contributed by atoms with van der Waals surface area (Å²) in [6, 6.07) is 5.51. The van der Waals surface area contributed by atoms with Crippen LogP contribution in [0.2, 0.25) is 0 Å². The first kappa shape index (κ1) is 8.87. The molecule has 0 bridgehead atoms. The molecular formula is C9H10FNO. The van der Waals surface area contributed by atoms with Crippen LogP contribution in [0.4, 0.5) is 4.39 Å². The molecule has 12 heavy (non-hydrogen) atoms. The fraction of sp³-hybridized carbons (Fsp3) is 0.222. The predicted molar refractivity (Wildman–Crippen MR) is 44.3 cm³/mol. The maximum Gasteiger partial charge on any atom is 0.141 e. The molecule has 0 fully saturated rings. The van der Waals surface area contributed by atoms with Crippen LogP contribution < -0.4 is 5.32 Å². The first-order chi connectivity index (χ1) is 5.77. The maximum atomic E-state index is 12.4. The van der Waals surface area contributed by atoms with Gasteiger partial charge in [-0.2, -0.15) is 0 Å². The Balaban J connectivity index is 2.87. The molecule has 0 saturated heterocycles. The van der Waals surface area contributed by atoms with E-state index in [4.69, 9.17) is 0 Å². The molecule has 3 heteroatoms. The molecule has 0 aliphatic rings. The lowest BCUT2D eigenvalue weighted by molar-refractivity contribution is -0.109. The van der Waals surface area contributed by atoms with E-state index in [1.807, 2.05) is 0 Å². The summed E-state index contributed by atoms with van der Waals surface area (Å²) in [4.78, 5) is 10.5. The summed E-state index contributed by atoms with van der Waals surface area (Å²) in [5.41, 5.74) is 0.772. The second kappa shape index (κ2) is 3.97. The largest absolute Gasteiger partial charge is 0.307 e. The number of aldehydes is 1. The van der Waals surface area contributed by atoms with Gasteiger partial charge in [0.1, 0.15) is 12.1 Å². The third kappa shape index (κ3) is 1.89. The van der Waals surface area contributed by atoms with Crippen molar-refractivity contribution >= 4 is 6.29 Å². The Morgan fingerprint density at radius 2 is 2.00 bits per heavy atom. The zero-order valence-corrected chi connectivity index (χ0v) is 6.75. The molecule has 1 unspecified atom stereocenters. The minimum Gasteiger partial charge on any atom is -0.307 e. The Morgan fingerprint density at radius 3 is 2.42 bits per heavy atom. The van der Waals surface area contributed by atoms with E-state index in [0.717, 1.165) is 11.8 Å². The van der Waals surface area contributed by atoms with Crippen LogP contribution in [0, 0.1) is 5.82 Å². The van der Waals surface area contributed by atoms with E-state index >= 15 is 0 Å². The number of carbonyl (C=O) groups excluding carboxylic acids is 1. The number of halogens is 1. The highest BCUT2D eigenvalue weighted by atomic mass is 19.1. The summed E-state index contributed by atoms with van der Waals surface area (Å²) in [5, 5.41) is 2.80. The minimum atomic E-state index is -0.342. The first-order valence-electron chi connectivity index (χ1n) is 3.66. The van der Waals surface area contributed by atoms with E-state index in [-0.39, 0.29) is 11.9 Å². The van der Waals surface area contributed by atoms with E-state index < -0.39 is 0 Å².